The highest BCUT2D eigenvalue weighted by molar-refractivity contribution is 9.10. The number of carbonyl (C=O) groups excluding carboxylic acids is 1. The molecule has 0 aliphatic carbocycles. The van der Waals surface area contributed by atoms with Crippen molar-refractivity contribution in [3.05, 3.63) is 28.2 Å². The Bertz CT molecular complexity index is 506. The number of thiocarbonyl (C=S) groups is 1. The van der Waals surface area contributed by atoms with Crippen LogP contribution >= 0.6 is 28.1 Å². The number of nitrogens with two attached hydrogens (primary N) is 1. The zero-order valence-electron chi connectivity index (χ0n) is 9.94. The normalized spacial score (nSPS) is 19.6. The van der Waals surface area contributed by atoms with Gasteiger partial charge in [0.05, 0.1) is 0 Å². The lowest BCUT2D eigenvalue weighted by molar-refractivity contribution is -0.122. The van der Waals surface area contributed by atoms with Crippen molar-refractivity contribution < 1.29 is 4.79 Å². The molecule has 1 unspecified atom stereocenters. The number of halogens is 1. The maximum absolute atomic E-state index is 11.7. The van der Waals surface area contributed by atoms with Crippen molar-refractivity contribution in [1.29, 1.82) is 0 Å². The Kier molecular flexibility index (Phi) is 3.87. The minimum Gasteiger partial charge on any atom is -0.389 e. The molecule has 1 fully saturated rings. The predicted octanol–water partition coefficient (Wildman–Crippen LogP) is 1.41. The molecule has 1 aliphatic rings. The molecule has 18 heavy (non-hydrogen) atoms. The van der Waals surface area contributed by atoms with Gasteiger partial charge in [0, 0.05) is 28.8 Å². The predicted molar refractivity (Wildman–Crippen MR) is 79.8 cm³/mol. The first-order valence-corrected chi connectivity index (χ1v) is 6.85. The van der Waals surface area contributed by atoms with Gasteiger partial charge in [0.15, 0.2) is 0 Å². The second-order valence-electron chi connectivity index (χ2n) is 4.16. The average Bonchev–Trinajstić information content (AvgIpc) is 2.32. The van der Waals surface area contributed by atoms with Gasteiger partial charge in [0.1, 0.15) is 11.0 Å². The van der Waals surface area contributed by atoms with E-state index in [1.807, 2.05) is 30.0 Å². The lowest BCUT2D eigenvalue weighted by Gasteiger charge is -2.36. The Morgan fingerprint density at radius 3 is 3.00 bits per heavy atom. The monoisotopic (exact) mass is 327 g/mol. The highest BCUT2D eigenvalue weighted by Crippen LogP contribution is 2.29. The van der Waals surface area contributed by atoms with Crippen LogP contribution in [-0.4, -0.2) is 30.0 Å². The van der Waals surface area contributed by atoms with E-state index in [1.54, 1.807) is 0 Å². The van der Waals surface area contributed by atoms with Crippen molar-refractivity contribution in [2.45, 2.75) is 13.0 Å². The maximum atomic E-state index is 11.7. The number of anilines is 1. The Morgan fingerprint density at radius 1 is 1.61 bits per heavy atom. The van der Waals surface area contributed by atoms with Gasteiger partial charge in [0.2, 0.25) is 5.91 Å². The van der Waals surface area contributed by atoms with Crippen molar-refractivity contribution in [3.8, 4) is 0 Å². The van der Waals surface area contributed by atoms with Crippen LogP contribution in [0, 0.1) is 0 Å². The second-order valence-corrected chi connectivity index (χ2v) is 5.45. The van der Waals surface area contributed by atoms with E-state index in [4.69, 9.17) is 18.0 Å². The Labute approximate surface area is 120 Å². The zero-order chi connectivity index (χ0) is 13.3. The minimum atomic E-state index is -0.221. The van der Waals surface area contributed by atoms with Gasteiger partial charge in [-0.15, -0.1) is 0 Å². The number of amides is 1. The molecule has 1 atom stereocenters. The number of carbonyl (C=O) groups is 1. The van der Waals surface area contributed by atoms with Gasteiger partial charge < -0.3 is 16.0 Å². The summed E-state index contributed by atoms with van der Waals surface area (Å²) in [6.45, 7) is 3.25. The Hall–Kier alpha value is -1.14. The van der Waals surface area contributed by atoms with E-state index in [0.29, 0.717) is 11.5 Å². The van der Waals surface area contributed by atoms with E-state index in [0.717, 1.165) is 22.3 Å². The average molecular weight is 328 g/mol. The lowest BCUT2D eigenvalue weighted by Crippen LogP contribution is -2.54. The Balaban J connectivity index is 2.47. The van der Waals surface area contributed by atoms with Crippen LogP contribution in [0.5, 0.6) is 0 Å². The van der Waals surface area contributed by atoms with Crippen LogP contribution in [0.2, 0.25) is 0 Å². The smallest absolute Gasteiger partial charge is 0.242 e. The summed E-state index contributed by atoms with van der Waals surface area (Å²) in [7, 11) is 0. The third kappa shape index (κ3) is 2.35. The van der Waals surface area contributed by atoms with Gasteiger partial charge in [-0.3, -0.25) is 4.79 Å². The highest BCUT2D eigenvalue weighted by atomic mass is 79.9. The fourth-order valence-electron chi connectivity index (χ4n) is 2.11. The molecule has 1 heterocycles. The molecule has 1 saturated heterocycles. The summed E-state index contributed by atoms with van der Waals surface area (Å²) >= 11 is 8.55. The van der Waals surface area contributed by atoms with Gasteiger partial charge in [-0.1, -0.05) is 18.3 Å². The third-order valence-corrected chi connectivity index (χ3v) is 3.91. The number of hydrogen-bond acceptors (Lipinski definition) is 3. The molecule has 3 N–H and O–H groups in total. The molecule has 2 rings (SSSR count). The van der Waals surface area contributed by atoms with Gasteiger partial charge in [-0.05, 0) is 35.0 Å². The first-order valence-electron chi connectivity index (χ1n) is 5.65. The summed E-state index contributed by atoms with van der Waals surface area (Å²) < 4.78 is 0.852. The fourth-order valence-corrected chi connectivity index (χ4v) is 3.02. The summed E-state index contributed by atoms with van der Waals surface area (Å²) in [6.07, 6.45) is 0. The molecule has 4 nitrogen and oxygen atoms in total. The van der Waals surface area contributed by atoms with E-state index >= 15 is 0 Å². The summed E-state index contributed by atoms with van der Waals surface area (Å²) in [5, 5.41) is 2.84. The number of nitrogens with one attached hydrogen (secondary N) is 1. The molecular weight excluding hydrogens is 314 g/mol. The van der Waals surface area contributed by atoms with Gasteiger partial charge in [0.25, 0.3) is 0 Å². The van der Waals surface area contributed by atoms with E-state index < -0.39 is 0 Å². The van der Waals surface area contributed by atoms with Gasteiger partial charge in [-0.2, -0.15) is 0 Å². The molecule has 0 bridgehead atoms. The van der Waals surface area contributed by atoms with Crippen molar-refractivity contribution >= 4 is 44.7 Å². The standard InChI is InChI=1S/C12H14BrN3OS/c1-7-12(17)15-5-6-16(7)9-4-2-3-8(13)10(9)11(14)18/h2-4,7H,5-6H2,1H3,(H2,14,18)(H,15,17). The van der Waals surface area contributed by atoms with E-state index in [2.05, 4.69) is 21.2 Å². The molecule has 6 heteroatoms. The summed E-state index contributed by atoms with van der Waals surface area (Å²) in [5.74, 6) is 0.0233. The van der Waals surface area contributed by atoms with Crippen LogP contribution in [0.1, 0.15) is 12.5 Å². The topological polar surface area (TPSA) is 58.4 Å². The molecule has 1 aromatic carbocycles. The molecule has 1 aromatic rings. The molecule has 0 aromatic heterocycles. The lowest BCUT2D eigenvalue weighted by atomic mass is 10.1. The van der Waals surface area contributed by atoms with Crippen LogP contribution in [0.4, 0.5) is 5.69 Å². The largest absolute Gasteiger partial charge is 0.389 e. The van der Waals surface area contributed by atoms with E-state index in [1.165, 1.54) is 0 Å². The molecule has 0 saturated carbocycles. The van der Waals surface area contributed by atoms with Crippen molar-refractivity contribution in [3.63, 3.8) is 0 Å². The number of benzene rings is 1. The maximum Gasteiger partial charge on any atom is 0.242 e. The quantitative estimate of drug-likeness (QED) is 0.806. The molecule has 0 radical (unpaired) electrons. The highest BCUT2D eigenvalue weighted by Gasteiger charge is 2.27. The summed E-state index contributed by atoms with van der Waals surface area (Å²) in [5.41, 5.74) is 7.46. The zero-order valence-corrected chi connectivity index (χ0v) is 12.3. The number of piperazine rings is 1. The van der Waals surface area contributed by atoms with Crippen LogP contribution in [0.3, 0.4) is 0 Å². The molecule has 1 aliphatic heterocycles. The van der Waals surface area contributed by atoms with Gasteiger partial charge >= 0.3 is 0 Å². The van der Waals surface area contributed by atoms with Crippen LogP contribution in [0.15, 0.2) is 22.7 Å². The van der Waals surface area contributed by atoms with Crippen molar-refractivity contribution in [2.75, 3.05) is 18.0 Å². The van der Waals surface area contributed by atoms with Crippen molar-refractivity contribution in [2.24, 2.45) is 5.73 Å². The number of hydrogen-bond donors (Lipinski definition) is 2. The molecule has 0 spiro atoms. The third-order valence-electron chi connectivity index (χ3n) is 3.05. The first kappa shape index (κ1) is 13.3. The van der Waals surface area contributed by atoms with E-state index in [-0.39, 0.29) is 11.9 Å². The van der Waals surface area contributed by atoms with Crippen molar-refractivity contribution in [1.82, 2.24) is 5.32 Å². The summed E-state index contributed by atoms with van der Waals surface area (Å²) in [4.78, 5) is 14.1. The summed E-state index contributed by atoms with van der Waals surface area (Å²) in [6, 6.07) is 5.53. The fraction of sp³-hybridized carbons (Fsp3) is 0.333. The molecular formula is C12H14BrN3OS. The number of rotatable bonds is 2. The minimum absolute atomic E-state index is 0.0233. The van der Waals surface area contributed by atoms with Crippen LogP contribution < -0.4 is 16.0 Å². The molecule has 96 valence electrons. The van der Waals surface area contributed by atoms with Crippen LogP contribution in [0.25, 0.3) is 0 Å². The Morgan fingerprint density at radius 2 is 2.33 bits per heavy atom. The second kappa shape index (κ2) is 5.24. The number of nitrogens with zero attached hydrogens (tertiary/aromatic N) is 1. The van der Waals surface area contributed by atoms with Crippen LogP contribution in [-0.2, 0) is 4.79 Å². The van der Waals surface area contributed by atoms with Gasteiger partial charge in [-0.25, -0.2) is 0 Å². The first-order chi connectivity index (χ1) is 8.52. The van der Waals surface area contributed by atoms with E-state index in [9.17, 15) is 4.79 Å². The SMILES string of the molecule is CC1C(=O)NCCN1c1cccc(Br)c1C(N)=S. The molecule has 1 amide bonds.